The summed E-state index contributed by atoms with van der Waals surface area (Å²) in [6.07, 6.45) is 3.89. The maximum absolute atomic E-state index is 11.6. The van der Waals surface area contributed by atoms with Gasteiger partial charge >= 0.3 is 5.97 Å². The summed E-state index contributed by atoms with van der Waals surface area (Å²) >= 11 is 5.98. The number of anilines is 1. The number of rotatable bonds is 8. The molecule has 0 aliphatic rings. The molecule has 2 aromatic rings. The van der Waals surface area contributed by atoms with Crippen molar-refractivity contribution in [3.63, 3.8) is 0 Å². The Balaban J connectivity index is 0.00000163. The van der Waals surface area contributed by atoms with Crippen molar-refractivity contribution in [1.82, 2.24) is 4.98 Å². The van der Waals surface area contributed by atoms with Crippen LogP contribution in [0.25, 0.3) is 10.9 Å². The van der Waals surface area contributed by atoms with Gasteiger partial charge in [0.05, 0.1) is 18.2 Å². The molecule has 2 rings (SSSR count). The Labute approximate surface area is 160 Å². The summed E-state index contributed by atoms with van der Waals surface area (Å²) in [5.41, 5.74) is 1.85. The van der Waals surface area contributed by atoms with E-state index in [0.717, 1.165) is 36.0 Å². The van der Waals surface area contributed by atoms with Gasteiger partial charge < -0.3 is 10.1 Å². The molecule has 1 atom stereocenters. The highest BCUT2D eigenvalue weighted by molar-refractivity contribution is 6.31. The van der Waals surface area contributed by atoms with E-state index in [1.54, 1.807) is 13.1 Å². The number of benzene rings is 1. The van der Waals surface area contributed by atoms with Crippen molar-refractivity contribution in [2.45, 2.75) is 40.0 Å². The normalized spacial score (nSPS) is 11.0. The molecule has 0 bridgehead atoms. The number of nitriles is 1. The first kappa shape index (κ1) is 21.7. The van der Waals surface area contributed by atoms with E-state index in [9.17, 15) is 4.79 Å². The van der Waals surface area contributed by atoms with Crippen molar-refractivity contribution in [2.75, 3.05) is 18.5 Å². The maximum atomic E-state index is 11.6. The van der Waals surface area contributed by atoms with Crippen molar-refractivity contribution in [3.8, 4) is 6.07 Å². The van der Waals surface area contributed by atoms with E-state index >= 15 is 0 Å². The van der Waals surface area contributed by atoms with Crippen LogP contribution in [0, 0.1) is 17.2 Å². The number of aromatic nitrogens is 1. The third-order valence-corrected chi connectivity index (χ3v) is 3.90. The van der Waals surface area contributed by atoms with Crippen LogP contribution >= 0.6 is 11.6 Å². The standard InChI is InChI=1S/C18H20ClN3O2.C2H6/c1-2-24-18(23)13(12-20)5-3-4-9-21-16-8-10-22-17-11-14(19)6-7-15(16)17;1-2/h6-8,10-11,13H,2-5,9H2,1H3,(H,21,22);1-2H3. The van der Waals surface area contributed by atoms with Gasteiger partial charge in [-0.25, -0.2) is 0 Å². The summed E-state index contributed by atoms with van der Waals surface area (Å²) in [5.74, 6) is -1.10. The summed E-state index contributed by atoms with van der Waals surface area (Å²) < 4.78 is 4.88. The van der Waals surface area contributed by atoms with Crippen molar-refractivity contribution < 1.29 is 9.53 Å². The van der Waals surface area contributed by atoms with Gasteiger partial charge in [-0.2, -0.15) is 5.26 Å². The average Bonchev–Trinajstić information content (AvgIpc) is 2.66. The monoisotopic (exact) mass is 375 g/mol. The number of hydrogen-bond acceptors (Lipinski definition) is 5. The molecule has 0 spiro atoms. The maximum Gasteiger partial charge on any atom is 0.323 e. The Bertz CT molecular complexity index is 743. The fraction of sp³-hybridized carbons (Fsp3) is 0.450. The van der Waals surface area contributed by atoms with E-state index in [4.69, 9.17) is 21.6 Å². The molecule has 0 aliphatic carbocycles. The molecule has 1 aromatic carbocycles. The first-order valence-electron chi connectivity index (χ1n) is 9.00. The Morgan fingerprint density at radius 2 is 2.12 bits per heavy atom. The molecule has 0 amide bonds. The number of carbonyl (C=O) groups excluding carboxylic acids is 1. The zero-order valence-corrected chi connectivity index (χ0v) is 16.3. The minimum Gasteiger partial charge on any atom is -0.465 e. The largest absolute Gasteiger partial charge is 0.465 e. The van der Waals surface area contributed by atoms with Crippen LogP contribution in [0.2, 0.25) is 5.02 Å². The number of esters is 1. The Morgan fingerprint density at radius 3 is 2.81 bits per heavy atom. The van der Waals surface area contributed by atoms with Crippen LogP contribution < -0.4 is 5.32 Å². The third-order valence-electron chi connectivity index (χ3n) is 3.67. The molecule has 0 saturated heterocycles. The number of nitrogens with zero attached hydrogens (tertiary/aromatic N) is 2. The number of ether oxygens (including phenoxy) is 1. The quantitative estimate of drug-likeness (QED) is 0.507. The second-order valence-corrected chi connectivity index (χ2v) is 5.81. The van der Waals surface area contributed by atoms with Gasteiger partial charge in [-0.15, -0.1) is 0 Å². The molecule has 0 aliphatic heterocycles. The predicted molar refractivity (Wildman–Crippen MR) is 106 cm³/mol. The number of unbranched alkanes of at least 4 members (excludes halogenated alkanes) is 1. The highest BCUT2D eigenvalue weighted by Crippen LogP contribution is 2.24. The van der Waals surface area contributed by atoms with Crippen molar-refractivity contribution in [2.24, 2.45) is 5.92 Å². The van der Waals surface area contributed by atoms with Gasteiger partial charge in [0.1, 0.15) is 5.92 Å². The van der Waals surface area contributed by atoms with Crippen LogP contribution in [0.5, 0.6) is 0 Å². The highest BCUT2D eigenvalue weighted by atomic mass is 35.5. The molecule has 1 unspecified atom stereocenters. The Hall–Kier alpha value is -2.32. The topological polar surface area (TPSA) is 75.0 Å². The van der Waals surface area contributed by atoms with E-state index < -0.39 is 11.9 Å². The van der Waals surface area contributed by atoms with Crippen LogP contribution in [-0.2, 0) is 9.53 Å². The summed E-state index contributed by atoms with van der Waals surface area (Å²) in [5, 5.41) is 14.1. The van der Waals surface area contributed by atoms with E-state index in [1.807, 2.05) is 44.2 Å². The number of hydrogen-bond donors (Lipinski definition) is 1. The average molecular weight is 376 g/mol. The van der Waals surface area contributed by atoms with Gasteiger partial charge in [-0.3, -0.25) is 9.78 Å². The van der Waals surface area contributed by atoms with Crippen LogP contribution in [0.4, 0.5) is 5.69 Å². The predicted octanol–water partition coefficient (Wildman–Crippen LogP) is 5.20. The number of pyridine rings is 1. The molecular weight excluding hydrogens is 350 g/mol. The molecule has 0 saturated carbocycles. The summed E-state index contributed by atoms with van der Waals surface area (Å²) in [4.78, 5) is 15.9. The second-order valence-electron chi connectivity index (χ2n) is 5.38. The lowest BCUT2D eigenvalue weighted by Gasteiger charge is -2.11. The van der Waals surface area contributed by atoms with Gasteiger partial charge in [-0.05, 0) is 50.5 Å². The SMILES string of the molecule is CC.CCOC(=O)C(C#N)CCCCNc1ccnc2cc(Cl)ccc12. The minimum absolute atomic E-state index is 0.303. The first-order chi connectivity index (χ1) is 12.7. The highest BCUT2D eigenvalue weighted by Gasteiger charge is 2.18. The fourth-order valence-corrected chi connectivity index (χ4v) is 2.62. The number of halogens is 1. The Morgan fingerprint density at radius 1 is 1.35 bits per heavy atom. The molecule has 0 radical (unpaired) electrons. The van der Waals surface area contributed by atoms with Gasteiger partial charge in [0.2, 0.25) is 0 Å². The summed E-state index contributed by atoms with van der Waals surface area (Å²) in [6, 6.07) is 9.55. The van der Waals surface area contributed by atoms with Crippen LogP contribution in [0.3, 0.4) is 0 Å². The van der Waals surface area contributed by atoms with E-state index in [0.29, 0.717) is 18.1 Å². The molecule has 1 aromatic heterocycles. The third kappa shape index (κ3) is 6.53. The first-order valence-corrected chi connectivity index (χ1v) is 9.38. The van der Waals surface area contributed by atoms with Crippen LogP contribution in [0.15, 0.2) is 30.5 Å². The van der Waals surface area contributed by atoms with E-state index in [1.165, 1.54) is 0 Å². The van der Waals surface area contributed by atoms with Gasteiger partial charge in [0, 0.05) is 28.8 Å². The Kier molecular flexibility index (Phi) is 10.1. The van der Waals surface area contributed by atoms with Crippen molar-refractivity contribution in [3.05, 3.63) is 35.5 Å². The summed E-state index contributed by atoms with van der Waals surface area (Å²) in [7, 11) is 0. The number of fused-ring (bicyclic) bond motifs is 1. The molecule has 1 heterocycles. The molecule has 0 fully saturated rings. The van der Waals surface area contributed by atoms with Crippen molar-refractivity contribution >= 4 is 34.2 Å². The molecular formula is C20H26ClN3O2. The van der Waals surface area contributed by atoms with Crippen LogP contribution in [0.1, 0.15) is 40.0 Å². The smallest absolute Gasteiger partial charge is 0.323 e. The molecule has 5 nitrogen and oxygen atoms in total. The molecule has 140 valence electrons. The lowest BCUT2D eigenvalue weighted by molar-refractivity contribution is -0.146. The van der Waals surface area contributed by atoms with Gasteiger partial charge in [-0.1, -0.05) is 25.4 Å². The lowest BCUT2D eigenvalue weighted by atomic mass is 10.0. The zero-order valence-electron chi connectivity index (χ0n) is 15.6. The molecule has 1 N–H and O–H groups in total. The van der Waals surface area contributed by atoms with E-state index in [-0.39, 0.29) is 0 Å². The molecule has 6 heteroatoms. The number of nitrogens with one attached hydrogen (secondary N) is 1. The zero-order chi connectivity index (χ0) is 19.4. The molecule has 26 heavy (non-hydrogen) atoms. The second kappa shape index (κ2) is 12.1. The van der Waals surface area contributed by atoms with E-state index in [2.05, 4.69) is 10.3 Å². The number of carbonyl (C=O) groups is 1. The lowest BCUT2D eigenvalue weighted by Crippen LogP contribution is -2.16. The van der Waals surface area contributed by atoms with Gasteiger partial charge in [0.15, 0.2) is 0 Å². The van der Waals surface area contributed by atoms with Crippen LogP contribution in [-0.4, -0.2) is 24.1 Å². The minimum atomic E-state index is -0.672. The van der Waals surface area contributed by atoms with Gasteiger partial charge in [0.25, 0.3) is 0 Å². The fourth-order valence-electron chi connectivity index (χ4n) is 2.45. The van der Waals surface area contributed by atoms with Crippen molar-refractivity contribution in [1.29, 1.82) is 5.26 Å². The summed E-state index contributed by atoms with van der Waals surface area (Å²) in [6.45, 7) is 6.79.